The highest BCUT2D eigenvalue weighted by atomic mass is 16.5. The largest absolute Gasteiger partial charge is 0.382 e. The van der Waals surface area contributed by atoms with Gasteiger partial charge in [0.1, 0.15) is 0 Å². The van der Waals surface area contributed by atoms with E-state index in [2.05, 4.69) is 18.7 Å². The van der Waals surface area contributed by atoms with Crippen LogP contribution in [0.15, 0.2) is 0 Å². The van der Waals surface area contributed by atoms with E-state index in [4.69, 9.17) is 9.47 Å². The first-order chi connectivity index (χ1) is 7.22. The normalized spacial score (nSPS) is 23.6. The van der Waals surface area contributed by atoms with Crippen molar-refractivity contribution < 1.29 is 9.47 Å². The molecule has 1 heterocycles. The number of rotatable bonds is 6. The quantitative estimate of drug-likeness (QED) is 0.630. The van der Waals surface area contributed by atoms with Crippen LogP contribution in [0.5, 0.6) is 0 Å². The van der Waals surface area contributed by atoms with Gasteiger partial charge in [-0.2, -0.15) is 0 Å². The third-order valence-corrected chi connectivity index (χ3v) is 2.73. The molecule has 15 heavy (non-hydrogen) atoms. The van der Waals surface area contributed by atoms with Gasteiger partial charge in [0.2, 0.25) is 0 Å². The summed E-state index contributed by atoms with van der Waals surface area (Å²) in [6.45, 7) is 9.52. The van der Waals surface area contributed by atoms with E-state index in [-0.39, 0.29) is 0 Å². The highest BCUT2D eigenvalue weighted by Gasteiger charge is 2.20. The first-order valence-electron chi connectivity index (χ1n) is 6.05. The van der Waals surface area contributed by atoms with Gasteiger partial charge in [-0.1, -0.05) is 13.8 Å². The van der Waals surface area contributed by atoms with Crippen molar-refractivity contribution in [3.63, 3.8) is 0 Å². The summed E-state index contributed by atoms with van der Waals surface area (Å²) in [7, 11) is 1.72. The topological polar surface area (TPSA) is 21.7 Å². The average Bonchev–Trinajstić information content (AvgIpc) is 2.18. The van der Waals surface area contributed by atoms with Crippen LogP contribution in [0.1, 0.15) is 26.7 Å². The van der Waals surface area contributed by atoms with Crippen LogP contribution in [0.3, 0.4) is 0 Å². The summed E-state index contributed by atoms with van der Waals surface area (Å²) in [5.74, 6) is 0.753. The van der Waals surface area contributed by atoms with Gasteiger partial charge < -0.3 is 14.4 Å². The molecular formula is C12H25NO2. The predicted molar refractivity (Wildman–Crippen MR) is 62.1 cm³/mol. The van der Waals surface area contributed by atoms with E-state index in [9.17, 15) is 0 Å². The Balaban J connectivity index is 2.17. The zero-order valence-corrected chi connectivity index (χ0v) is 10.4. The molecule has 0 aliphatic carbocycles. The van der Waals surface area contributed by atoms with E-state index in [0.29, 0.717) is 12.7 Å². The van der Waals surface area contributed by atoms with Crippen LogP contribution in [0, 0.1) is 5.92 Å². The second kappa shape index (κ2) is 7.20. The molecule has 3 heteroatoms. The Hall–Kier alpha value is -0.120. The molecule has 0 N–H and O–H groups in total. The molecule has 0 aromatic carbocycles. The minimum absolute atomic E-state index is 0.424. The molecule has 0 spiro atoms. The SMILES string of the molecule is COCCO[C@H]1CCCN(CC(C)C)C1. The second-order valence-electron chi connectivity index (χ2n) is 4.78. The monoisotopic (exact) mass is 215 g/mol. The van der Waals surface area contributed by atoms with E-state index in [0.717, 1.165) is 19.1 Å². The fourth-order valence-electron chi connectivity index (χ4n) is 2.13. The summed E-state index contributed by atoms with van der Waals surface area (Å²) >= 11 is 0. The Bertz CT molecular complexity index is 162. The van der Waals surface area contributed by atoms with Gasteiger partial charge in [-0.3, -0.25) is 0 Å². The molecule has 1 atom stereocenters. The highest BCUT2D eigenvalue weighted by Crippen LogP contribution is 2.14. The summed E-state index contributed by atoms with van der Waals surface area (Å²) in [6, 6.07) is 0. The summed E-state index contributed by atoms with van der Waals surface area (Å²) in [5.41, 5.74) is 0. The van der Waals surface area contributed by atoms with Crippen molar-refractivity contribution in [2.45, 2.75) is 32.8 Å². The molecule has 1 rings (SSSR count). The minimum Gasteiger partial charge on any atom is -0.382 e. The Morgan fingerprint density at radius 3 is 2.80 bits per heavy atom. The molecule has 0 radical (unpaired) electrons. The maximum absolute atomic E-state index is 5.77. The third kappa shape index (κ3) is 5.50. The van der Waals surface area contributed by atoms with Crippen LogP contribution < -0.4 is 0 Å². The number of nitrogens with zero attached hydrogens (tertiary/aromatic N) is 1. The van der Waals surface area contributed by atoms with Crippen LogP contribution >= 0.6 is 0 Å². The van der Waals surface area contributed by atoms with Crippen LogP contribution in [0.25, 0.3) is 0 Å². The molecule has 0 aromatic rings. The van der Waals surface area contributed by atoms with Crippen molar-refractivity contribution in [2.24, 2.45) is 5.92 Å². The van der Waals surface area contributed by atoms with Gasteiger partial charge in [0.05, 0.1) is 19.3 Å². The highest BCUT2D eigenvalue weighted by molar-refractivity contribution is 4.73. The van der Waals surface area contributed by atoms with Crippen LogP contribution in [0.4, 0.5) is 0 Å². The van der Waals surface area contributed by atoms with Gasteiger partial charge in [0.15, 0.2) is 0 Å². The maximum atomic E-state index is 5.77. The molecule has 3 nitrogen and oxygen atoms in total. The van der Waals surface area contributed by atoms with E-state index in [1.165, 1.54) is 25.9 Å². The minimum atomic E-state index is 0.424. The number of methoxy groups -OCH3 is 1. The first kappa shape index (κ1) is 12.9. The van der Waals surface area contributed by atoms with Gasteiger partial charge in [-0.15, -0.1) is 0 Å². The summed E-state index contributed by atoms with van der Waals surface area (Å²) < 4.78 is 10.8. The lowest BCUT2D eigenvalue weighted by atomic mass is 10.1. The van der Waals surface area contributed by atoms with Crippen LogP contribution in [0.2, 0.25) is 0 Å². The van der Waals surface area contributed by atoms with Crippen LogP contribution in [-0.2, 0) is 9.47 Å². The van der Waals surface area contributed by atoms with Crippen molar-refractivity contribution in [1.82, 2.24) is 4.90 Å². The number of hydrogen-bond acceptors (Lipinski definition) is 3. The van der Waals surface area contributed by atoms with Gasteiger partial charge >= 0.3 is 0 Å². The fraction of sp³-hybridized carbons (Fsp3) is 1.00. The number of piperidine rings is 1. The Kier molecular flexibility index (Phi) is 6.22. The standard InChI is InChI=1S/C12H25NO2/c1-11(2)9-13-6-4-5-12(10-13)15-8-7-14-3/h11-12H,4-10H2,1-3H3/t12-/m0/s1. The summed E-state index contributed by atoms with van der Waals surface area (Å²) in [6.07, 6.45) is 2.90. The van der Waals surface area contributed by atoms with Crippen molar-refractivity contribution in [3.8, 4) is 0 Å². The molecule has 1 aliphatic rings. The van der Waals surface area contributed by atoms with E-state index in [1.54, 1.807) is 7.11 Å². The lowest BCUT2D eigenvalue weighted by Gasteiger charge is -2.33. The smallest absolute Gasteiger partial charge is 0.0704 e. The van der Waals surface area contributed by atoms with Crippen molar-refractivity contribution in [3.05, 3.63) is 0 Å². The Labute approximate surface area is 93.7 Å². The Morgan fingerprint density at radius 2 is 2.13 bits per heavy atom. The molecule has 0 amide bonds. The first-order valence-corrected chi connectivity index (χ1v) is 6.05. The van der Waals surface area contributed by atoms with Crippen molar-refractivity contribution >= 4 is 0 Å². The number of likely N-dealkylation sites (tertiary alicyclic amines) is 1. The number of ether oxygens (including phenoxy) is 2. The molecule has 1 fully saturated rings. The third-order valence-electron chi connectivity index (χ3n) is 2.73. The van der Waals surface area contributed by atoms with Gasteiger partial charge in [-0.25, -0.2) is 0 Å². The molecule has 1 aliphatic heterocycles. The number of hydrogen-bond donors (Lipinski definition) is 0. The molecular weight excluding hydrogens is 190 g/mol. The maximum Gasteiger partial charge on any atom is 0.0704 e. The zero-order chi connectivity index (χ0) is 11.1. The zero-order valence-electron chi connectivity index (χ0n) is 10.4. The van der Waals surface area contributed by atoms with Crippen molar-refractivity contribution in [1.29, 1.82) is 0 Å². The second-order valence-corrected chi connectivity index (χ2v) is 4.78. The van der Waals surface area contributed by atoms with Gasteiger partial charge in [-0.05, 0) is 25.3 Å². The molecule has 90 valence electrons. The van der Waals surface area contributed by atoms with E-state index < -0.39 is 0 Å². The Morgan fingerprint density at radius 1 is 1.33 bits per heavy atom. The predicted octanol–water partition coefficient (Wildman–Crippen LogP) is 1.77. The summed E-state index contributed by atoms with van der Waals surface area (Å²) in [5, 5.41) is 0. The molecule has 0 saturated carbocycles. The molecule has 0 bridgehead atoms. The molecule has 0 aromatic heterocycles. The van der Waals surface area contributed by atoms with E-state index >= 15 is 0 Å². The lowest BCUT2D eigenvalue weighted by Crippen LogP contribution is -2.41. The molecule has 0 unspecified atom stereocenters. The van der Waals surface area contributed by atoms with Crippen LogP contribution in [-0.4, -0.2) is 51.0 Å². The summed E-state index contributed by atoms with van der Waals surface area (Å²) in [4.78, 5) is 2.52. The fourth-order valence-corrected chi connectivity index (χ4v) is 2.13. The van der Waals surface area contributed by atoms with Gasteiger partial charge in [0.25, 0.3) is 0 Å². The lowest BCUT2D eigenvalue weighted by molar-refractivity contribution is -0.0226. The van der Waals surface area contributed by atoms with Gasteiger partial charge in [0, 0.05) is 20.2 Å². The average molecular weight is 215 g/mol. The van der Waals surface area contributed by atoms with E-state index in [1.807, 2.05) is 0 Å². The molecule has 1 saturated heterocycles. The van der Waals surface area contributed by atoms with Crippen molar-refractivity contribution in [2.75, 3.05) is 40.0 Å².